The first kappa shape index (κ1) is 14.3. The molecule has 1 aromatic rings. The van der Waals surface area contributed by atoms with Crippen molar-refractivity contribution in [2.24, 2.45) is 5.92 Å². The highest BCUT2D eigenvalue weighted by Gasteiger charge is 2.36. The molecule has 1 aliphatic rings. The fraction of sp³-hybridized carbons (Fsp3) is 0.462. The average molecular weight is 330 g/mol. The van der Waals surface area contributed by atoms with E-state index in [1.165, 1.54) is 0 Å². The van der Waals surface area contributed by atoms with Crippen LogP contribution in [0.25, 0.3) is 0 Å². The lowest BCUT2D eigenvalue weighted by atomic mass is 10.0. The zero-order chi connectivity index (χ0) is 14.0. The van der Waals surface area contributed by atoms with Gasteiger partial charge in [-0.1, -0.05) is 15.9 Å². The SMILES string of the molecule is CN(Cc1cc(Br)ccc1O)C1COCC1C(=O)O. The maximum absolute atomic E-state index is 11.1. The van der Waals surface area contributed by atoms with Crippen molar-refractivity contribution >= 4 is 21.9 Å². The average Bonchev–Trinajstić information content (AvgIpc) is 2.83. The number of ether oxygens (including phenoxy) is 1. The number of carboxylic acid groups (broad SMARTS) is 1. The number of phenols is 1. The van der Waals surface area contributed by atoms with E-state index in [0.717, 1.165) is 10.0 Å². The van der Waals surface area contributed by atoms with Crippen LogP contribution < -0.4 is 0 Å². The normalized spacial score (nSPS) is 22.9. The first-order valence-corrected chi connectivity index (χ1v) is 6.76. The van der Waals surface area contributed by atoms with Gasteiger partial charge in [0.1, 0.15) is 5.75 Å². The molecule has 1 saturated heterocycles. The van der Waals surface area contributed by atoms with Gasteiger partial charge in [-0.2, -0.15) is 0 Å². The summed E-state index contributed by atoms with van der Waals surface area (Å²) in [5, 5.41) is 18.9. The predicted molar refractivity (Wildman–Crippen MR) is 73.0 cm³/mol. The number of aromatic hydroxyl groups is 1. The number of hydrogen-bond donors (Lipinski definition) is 2. The molecule has 2 rings (SSSR count). The maximum Gasteiger partial charge on any atom is 0.310 e. The van der Waals surface area contributed by atoms with Crippen LogP contribution in [0.15, 0.2) is 22.7 Å². The van der Waals surface area contributed by atoms with Gasteiger partial charge >= 0.3 is 5.97 Å². The van der Waals surface area contributed by atoms with Gasteiger partial charge in [0.25, 0.3) is 0 Å². The molecule has 2 atom stereocenters. The van der Waals surface area contributed by atoms with Gasteiger partial charge < -0.3 is 14.9 Å². The van der Waals surface area contributed by atoms with Crippen molar-refractivity contribution in [3.05, 3.63) is 28.2 Å². The van der Waals surface area contributed by atoms with E-state index in [1.54, 1.807) is 12.1 Å². The van der Waals surface area contributed by atoms with Gasteiger partial charge in [-0.3, -0.25) is 9.69 Å². The Bertz CT molecular complexity index is 480. The number of hydrogen-bond acceptors (Lipinski definition) is 4. The van der Waals surface area contributed by atoms with Crippen molar-refractivity contribution in [2.75, 3.05) is 20.3 Å². The van der Waals surface area contributed by atoms with Crippen LogP contribution in [-0.4, -0.2) is 47.4 Å². The molecule has 104 valence electrons. The summed E-state index contributed by atoms with van der Waals surface area (Å²) in [5.41, 5.74) is 0.757. The third-order valence-corrected chi connectivity index (χ3v) is 3.89. The second-order valence-corrected chi connectivity index (χ2v) is 5.65. The highest BCUT2D eigenvalue weighted by molar-refractivity contribution is 9.10. The molecule has 0 saturated carbocycles. The third-order valence-electron chi connectivity index (χ3n) is 3.40. The first-order valence-electron chi connectivity index (χ1n) is 5.97. The van der Waals surface area contributed by atoms with Gasteiger partial charge in [0.15, 0.2) is 0 Å². The second kappa shape index (κ2) is 5.90. The van der Waals surface area contributed by atoms with E-state index in [9.17, 15) is 9.90 Å². The number of benzene rings is 1. The maximum atomic E-state index is 11.1. The topological polar surface area (TPSA) is 70.0 Å². The summed E-state index contributed by atoms with van der Waals surface area (Å²) in [6.07, 6.45) is 0. The number of nitrogens with zero attached hydrogens (tertiary/aromatic N) is 1. The van der Waals surface area contributed by atoms with Crippen molar-refractivity contribution < 1.29 is 19.7 Å². The van der Waals surface area contributed by atoms with Crippen molar-refractivity contribution in [2.45, 2.75) is 12.6 Å². The third kappa shape index (κ3) is 3.26. The molecular formula is C13H16BrNO4. The van der Waals surface area contributed by atoms with E-state index in [2.05, 4.69) is 15.9 Å². The molecule has 1 aromatic carbocycles. The first-order chi connectivity index (χ1) is 8.99. The lowest BCUT2D eigenvalue weighted by Crippen LogP contribution is -2.40. The van der Waals surface area contributed by atoms with Crippen LogP contribution in [-0.2, 0) is 16.1 Å². The van der Waals surface area contributed by atoms with E-state index in [-0.39, 0.29) is 18.4 Å². The Balaban J connectivity index is 2.10. The lowest BCUT2D eigenvalue weighted by Gasteiger charge is -2.26. The molecule has 2 unspecified atom stereocenters. The van der Waals surface area contributed by atoms with Gasteiger partial charge in [0.05, 0.1) is 19.1 Å². The molecule has 2 N–H and O–H groups in total. The van der Waals surface area contributed by atoms with Crippen LogP contribution >= 0.6 is 15.9 Å². The highest BCUT2D eigenvalue weighted by atomic mass is 79.9. The van der Waals surface area contributed by atoms with Gasteiger partial charge in [-0.25, -0.2) is 0 Å². The van der Waals surface area contributed by atoms with Crippen LogP contribution in [0.4, 0.5) is 0 Å². The van der Waals surface area contributed by atoms with Crippen molar-refractivity contribution in [1.82, 2.24) is 4.90 Å². The van der Waals surface area contributed by atoms with Crippen LogP contribution in [0.2, 0.25) is 0 Å². The molecule has 1 heterocycles. The van der Waals surface area contributed by atoms with Gasteiger partial charge in [0, 0.05) is 22.6 Å². The summed E-state index contributed by atoms with van der Waals surface area (Å²) < 4.78 is 6.13. The molecule has 0 aliphatic carbocycles. The Hall–Kier alpha value is -1.11. The van der Waals surface area contributed by atoms with Gasteiger partial charge in [0.2, 0.25) is 0 Å². The van der Waals surface area contributed by atoms with E-state index in [4.69, 9.17) is 9.84 Å². The van der Waals surface area contributed by atoms with Crippen LogP contribution in [0, 0.1) is 5.92 Å². The fourth-order valence-electron chi connectivity index (χ4n) is 2.28. The Morgan fingerprint density at radius 2 is 2.26 bits per heavy atom. The summed E-state index contributed by atoms with van der Waals surface area (Å²) in [7, 11) is 1.84. The quantitative estimate of drug-likeness (QED) is 0.879. The molecule has 0 aromatic heterocycles. The number of aliphatic carboxylic acids is 1. The minimum Gasteiger partial charge on any atom is -0.508 e. The Morgan fingerprint density at radius 1 is 1.53 bits per heavy atom. The van der Waals surface area contributed by atoms with E-state index in [1.807, 2.05) is 18.0 Å². The number of halogens is 1. The number of phenolic OH excluding ortho intramolecular Hbond substituents is 1. The Labute approximate surface area is 119 Å². The zero-order valence-electron chi connectivity index (χ0n) is 10.5. The molecule has 0 amide bonds. The predicted octanol–water partition coefficient (Wildman–Crippen LogP) is 1.69. The van der Waals surface area contributed by atoms with Crippen molar-refractivity contribution in [3.8, 4) is 5.75 Å². The monoisotopic (exact) mass is 329 g/mol. The number of carboxylic acids is 1. The summed E-state index contributed by atoms with van der Waals surface area (Å²) in [4.78, 5) is 13.0. The molecule has 19 heavy (non-hydrogen) atoms. The molecule has 5 nitrogen and oxygen atoms in total. The molecule has 1 fully saturated rings. The zero-order valence-corrected chi connectivity index (χ0v) is 12.1. The van der Waals surface area contributed by atoms with E-state index < -0.39 is 11.9 Å². The smallest absolute Gasteiger partial charge is 0.310 e. The van der Waals surface area contributed by atoms with E-state index >= 15 is 0 Å². The standard InChI is InChI=1S/C13H16BrNO4/c1-15(11-7-19-6-10(11)13(17)18)5-8-4-9(14)2-3-12(8)16/h2-4,10-11,16H,5-7H2,1H3,(H,17,18). The van der Waals surface area contributed by atoms with Crippen LogP contribution in [0.1, 0.15) is 5.56 Å². The summed E-state index contributed by atoms with van der Waals surface area (Å²) >= 11 is 3.36. The molecule has 1 aliphatic heterocycles. The Morgan fingerprint density at radius 3 is 2.95 bits per heavy atom. The van der Waals surface area contributed by atoms with Crippen LogP contribution in [0.5, 0.6) is 5.75 Å². The van der Waals surface area contributed by atoms with Gasteiger partial charge in [-0.15, -0.1) is 0 Å². The van der Waals surface area contributed by atoms with Gasteiger partial charge in [-0.05, 0) is 25.2 Å². The number of likely N-dealkylation sites (N-methyl/N-ethyl adjacent to an activating group) is 1. The second-order valence-electron chi connectivity index (χ2n) is 4.74. The largest absolute Gasteiger partial charge is 0.508 e. The highest BCUT2D eigenvalue weighted by Crippen LogP contribution is 2.26. The van der Waals surface area contributed by atoms with Crippen LogP contribution in [0.3, 0.4) is 0 Å². The Kier molecular flexibility index (Phi) is 4.44. The fourth-order valence-corrected chi connectivity index (χ4v) is 2.69. The summed E-state index contributed by atoms with van der Waals surface area (Å²) in [5.74, 6) is -1.15. The molecule has 0 bridgehead atoms. The minimum atomic E-state index is -0.840. The number of carbonyl (C=O) groups is 1. The molecule has 0 radical (unpaired) electrons. The molecule has 0 spiro atoms. The summed E-state index contributed by atoms with van der Waals surface area (Å²) in [6.45, 7) is 1.13. The summed E-state index contributed by atoms with van der Waals surface area (Å²) in [6, 6.07) is 5.04. The van der Waals surface area contributed by atoms with Crippen molar-refractivity contribution in [3.63, 3.8) is 0 Å². The minimum absolute atomic E-state index is 0.170. The number of rotatable bonds is 4. The molecular weight excluding hydrogens is 314 g/mol. The molecule has 6 heteroatoms. The van der Waals surface area contributed by atoms with Crippen molar-refractivity contribution in [1.29, 1.82) is 0 Å². The van der Waals surface area contributed by atoms with E-state index in [0.29, 0.717) is 13.2 Å². The lowest BCUT2D eigenvalue weighted by molar-refractivity contribution is -0.143.